The van der Waals surface area contributed by atoms with Gasteiger partial charge >= 0.3 is 0 Å². The van der Waals surface area contributed by atoms with Gasteiger partial charge in [-0.2, -0.15) is 0 Å². The van der Waals surface area contributed by atoms with Crippen molar-refractivity contribution in [2.24, 2.45) is 0 Å². The molecular weight excluding hydrogens is 364 g/mol. The minimum atomic E-state index is -3.75. The number of methoxy groups -OCH3 is 1. The molecule has 1 N–H and O–H groups in total. The van der Waals surface area contributed by atoms with Crippen LogP contribution in [0.25, 0.3) is 0 Å². The molecule has 0 atom stereocenters. The number of hydrogen-bond acceptors (Lipinski definition) is 4. The Bertz CT molecular complexity index is 976. The van der Waals surface area contributed by atoms with Crippen molar-refractivity contribution in [2.75, 3.05) is 23.3 Å². The van der Waals surface area contributed by atoms with E-state index < -0.39 is 10.0 Å². The minimum Gasteiger partial charge on any atom is -0.497 e. The lowest BCUT2D eigenvalue weighted by molar-refractivity contribution is -0.117. The van der Waals surface area contributed by atoms with Crippen LogP contribution in [0.5, 0.6) is 5.75 Å². The molecule has 0 spiro atoms. The summed E-state index contributed by atoms with van der Waals surface area (Å²) in [4.78, 5) is 14.0. The van der Waals surface area contributed by atoms with E-state index in [1.807, 2.05) is 6.92 Å². The fraction of sp³-hybridized carbons (Fsp3) is 0.350. The SMILES string of the molecule is COc1cc(C)c(S(=O)(=O)Nc2ccc(N3CCCC3=O)c(C)c2)c(C)c1. The lowest BCUT2D eigenvalue weighted by atomic mass is 10.1. The maximum Gasteiger partial charge on any atom is 0.262 e. The number of nitrogens with zero attached hydrogens (tertiary/aromatic N) is 1. The molecule has 1 saturated heterocycles. The van der Waals surface area contributed by atoms with E-state index in [0.29, 0.717) is 35.5 Å². The van der Waals surface area contributed by atoms with Gasteiger partial charge in [-0.15, -0.1) is 0 Å². The average molecular weight is 388 g/mol. The predicted molar refractivity (Wildman–Crippen MR) is 106 cm³/mol. The molecule has 0 aliphatic carbocycles. The van der Waals surface area contributed by atoms with Crippen LogP contribution in [-0.4, -0.2) is 28.0 Å². The molecule has 1 aliphatic rings. The number of hydrogen-bond donors (Lipinski definition) is 1. The van der Waals surface area contributed by atoms with Crippen molar-refractivity contribution in [3.63, 3.8) is 0 Å². The monoisotopic (exact) mass is 388 g/mol. The van der Waals surface area contributed by atoms with E-state index in [4.69, 9.17) is 4.74 Å². The molecule has 0 bridgehead atoms. The van der Waals surface area contributed by atoms with Gasteiger partial charge in [0.05, 0.1) is 12.0 Å². The van der Waals surface area contributed by atoms with Gasteiger partial charge in [0.2, 0.25) is 5.91 Å². The van der Waals surface area contributed by atoms with Gasteiger partial charge in [0.1, 0.15) is 5.75 Å². The second-order valence-electron chi connectivity index (χ2n) is 6.85. The molecule has 144 valence electrons. The van der Waals surface area contributed by atoms with Gasteiger partial charge in [-0.05, 0) is 74.2 Å². The van der Waals surface area contributed by atoms with Crippen molar-refractivity contribution in [3.05, 3.63) is 47.0 Å². The Kier molecular flexibility index (Phi) is 5.15. The van der Waals surface area contributed by atoms with Crippen molar-refractivity contribution in [1.82, 2.24) is 0 Å². The number of aryl methyl sites for hydroxylation is 3. The summed E-state index contributed by atoms with van der Waals surface area (Å²) in [6.45, 7) is 6.08. The summed E-state index contributed by atoms with van der Waals surface area (Å²) in [5.74, 6) is 0.732. The van der Waals surface area contributed by atoms with Crippen LogP contribution in [0.4, 0.5) is 11.4 Å². The molecule has 0 aromatic heterocycles. The van der Waals surface area contributed by atoms with Crippen LogP contribution in [0.3, 0.4) is 0 Å². The molecule has 0 unspecified atom stereocenters. The number of ether oxygens (including phenoxy) is 1. The summed E-state index contributed by atoms with van der Waals surface area (Å²) in [7, 11) is -2.19. The number of rotatable bonds is 5. The van der Waals surface area contributed by atoms with Gasteiger partial charge in [0.25, 0.3) is 10.0 Å². The molecule has 1 aliphatic heterocycles. The highest BCUT2D eigenvalue weighted by molar-refractivity contribution is 7.92. The predicted octanol–water partition coefficient (Wildman–Crippen LogP) is 3.55. The summed E-state index contributed by atoms with van der Waals surface area (Å²) in [6.07, 6.45) is 1.41. The first kappa shape index (κ1) is 19.2. The minimum absolute atomic E-state index is 0.107. The van der Waals surface area contributed by atoms with Crippen LogP contribution in [0.1, 0.15) is 29.5 Å². The van der Waals surface area contributed by atoms with Crippen molar-refractivity contribution in [1.29, 1.82) is 0 Å². The van der Waals surface area contributed by atoms with Crippen molar-refractivity contribution in [2.45, 2.75) is 38.5 Å². The number of anilines is 2. The molecule has 7 heteroatoms. The largest absolute Gasteiger partial charge is 0.497 e. The van der Waals surface area contributed by atoms with Crippen LogP contribution in [0, 0.1) is 20.8 Å². The van der Waals surface area contributed by atoms with Gasteiger partial charge in [-0.25, -0.2) is 8.42 Å². The molecule has 6 nitrogen and oxygen atoms in total. The molecule has 2 aromatic rings. The fourth-order valence-corrected chi connectivity index (χ4v) is 5.09. The zero-order valence-electron chi connectivity index (χ0n) is 16.0. The first-order valence-electron chi connectivity index (χ1n) is 8.82. The maximum absolute atomic E-state index is 12.9. The number of amides is 1. The summed E-state index contributed by atoms with van der Waals surface area (Å²) in [6, 6.07) is 8.65. The standard InChI is InChI=1S/C20H24N2O4S/c1-13-10-16(7-8-18(13)22-9-5-6-19(22)23)21-27(24,25)20-14(2)11-17(26-4)12-15(20)3/h7-8,10-12,21H,5-6,9H2,1-4H3. The first-order chi connectivity index (χ1) is 12.7. The Balaban J connectivity index is 1.91. The van der Waals surface area contributed by atoms with E-state index in [9.17, 15) is 13.2 Å². The van der Waals surface area contributed by atoms with Crippen molar-refractivity contribution in [3.8, 4) is 5.75 Å². The van der Waals surface area contributed by atoms with Gasteiger partial charge in [-0.3, -0.25) is 9.52 Å². The second kappa shape index (κ2) is 7.23. The highest BCUT2D eigenvalue weighted by Gasteiger charge is 2.24. The third-order valence-corrected chi connectivity index (χ3v) is 6.44. The Labute approximate surface area is 160 Å². The Hall–Kier alpha value is -2.54. The summed E-state index contributed by atoms with van der Waals surface area (Å²) in [5, 5.41) is 0. The van der Waals surface area contributed by atoms with Crippen LogP contribution >= 0.6 is 0 Å². The summed E-state index contributed by atoms with van der Waals surface area (Å²) >= 11 is 0. The number of nitrogens with one attached hydrogen (secondary N) is 1. The Morgan fingerprint density at radius 1 is 1.04 bits per heavy atom. The van der Waals surface area contributed by atoms with Crippen LogP contribution in [-0.2, 0) is 14.8 Å². The molecule has 1 heterocycles. The van der Waals surface area contributed by atoms with Crippen LogP contribution < -0.4 is 14.4 Å². The Morgan fingerprint density at radius 2 is 1.70 bits per heavy atom. The van der Waals surface area contributed by atoms with E-state index in [1.54, 1.807) is 56.2 Å². The number of benzene rings is 2. The molecule has 1 fully saturated rings. The smallest absolute Gasteiger partial charge is 0.262 e. The van der Waals surface area contributed by atoms with E-state index in [0.717, 1.165) is 17.7 Å². The molecule has 3 rings (SSSR count). The zero-order chi connectivity index (χ0) is 19.8. The molecule has 0 radical (unpaired) electrons. The lowest BCUT2D eigenvalue weighted by Crippen LogP contribution is -2.24. The Morgan fingerprint density at radius 3 is 2.22 bits per heavy atom. The van der Waals surface area contributed by atoms with Gasteiger partial charge < -0.3 is 9.64 Å². The highest BCUT2D eigenvalue weighted by Crippen LogP contribution is 2.30. The van der Waals surface area contributed by atoms with Crippen LogP contribution in [0.2, 0.25) is 0 Å². The van der Waals surface area contributed by atoms with Gasteiger partial charge in [0, 0.05) is 24.3 Å². The van der Waals surface area contributed by atoms with E-state index in [-0.39, 0.29) is 10.8 Å². The fourth-order valence-electron chi connectivity index (χ4n) is 3.58. The maximum atomic E-state index is 12.9. The molecule has 1 amide bonds. The third kappa shape index (κ3) is 3.78. The van der Waals surface area contributed by atoms with Crippen molar-refractivity contribution < 1.29 is 17.9 Å². The molecule has 0 saturated carbocycles. The first-order valence-corrected chi connectivity index (χ1v) is 10.3. The lowest BCUT2D eigenvalue weighted by Gasteiger charge is -2.20. The average Bonchev–Trinajstić information content (AvgIpc) is 2.99. The number of carbonyl (C=O) groups excluding carboxylic acids is 1. The summed E-state index contributed by atoms with van der Waals surface area (Å²) < 4.78 is 33.7. The van der Waals surface area contributed by atoms with Gasteiger partial charge in [-0.1, -0.05) is 0 Å². The van der Waals surface area contributed by atoms with Gasteiger partial charge in [0.15, 0.2) is 0 Å². The van der Waals surface area contributed by atoms with Crippen LogP contribution in [0.15, 0.2) is 35.2 Å². The highest BCUT2D eigenvalue weighted by atomic mass is 32.2. The van der Waals surface area contributed by atoms with E-state index in [2.05, 4.69) is 4.72 Å². The normalized spacial score (nSPS) is 14.5. The molecule has 27 heavy (non-hydrogen) atoms. The molecule has 2 aromatic carbocycles. The van der Waals surface area contributed by atoms with E-state index in [1.165, 1.54) is 0 Å². The van der Waals surface area contributed by atoms with E-state index >= 15 is 0 Å². The summed E-state index contributed by atoms with van der Waals surface area (Å²) in [5.41, 5.74) is 3.40. The second-order valence-corrected chi connectivity index (χ2v) is 8.47. The number of carbonyl (C=O) groups is 1. The quantitative estimate of drug-likeness (QED) is 0.850. The zero-order valence-corrected chi connectivity index (χ0v) is 16.8. The van der Waals surface area contributed by atoms with Crippen molar-refractivity contribution >= 4 is 27.3 Å². The molecular formula is C20H24N2O4S. The topological polar surface area (TPSA) is 75.7 Å². The third-order valence-electron chi connectivity index (χ3n) is 4.75. The number of sulfonamides is 1.